The predicted octanol–water partition coefficient (Wildman–Crippen LogP) is 2.57. The van der Waals surface area contributed by atoms with Gasteiger partial charge in [0.2, 0.25) is 0 Å². The smallest absolute Gasteiger partial charge is 0.124 e. The van der Waals surface area contributed by atoms with Crippen LogP contribution in [0.2, 0.25) is 0 Å². The lowest BCUT2D eigenvalue weighted by Crippen LogP contribution is -2.35. The maximum absolute atomic E-state index is 6.15. The van der Waals surface area contributed by atoms with Gasteiger partial charge in [0.25, 0.3) is 0 Å². The SMILES string of the molecule is CCC(N)c1ccccc1OC1CCN(C)CC1. The molecule has 1 aromatic rings. The van der Waals surface area contributed by atoms with Gasteiger partial charge in [-0.15, -0.1) is 0 Å². The fourth-order valence-corrected chi connectivity index (χ4v) is 2.40. The average molecular weight is 248 g/mol. The highest BCUT2D eigenvalue weighted by atomic mass is 16.5. The summed E-state index contributed by atoms with van der Waals surface area (Å²) in [6, 6.07) is 8.26. The van der Waals surface area contributed by atoms with Gasteiger partial charge in [-0.3, -0.25) is 0 Å². The minimum Gasteiger partial charge on any atom is -0.490 e. The minimum atomic E-state index is 0.0764. The van der Waals surface area contributed by atoms with Crippen LogP contribution in [0.1, 0.15) is 37.8 Å². The molecule has 3 heteroatoms. The topological polar surface area (TPSA) is 38.5 Å². The molecule has 0 aliphatic carbocycles. The van der Waals surface area contributed by atoms with Crippen molar-refractivity contribution in [3.63, 3.8) is 0 Å². The Morgan fingerprint density at radius 1 is 1.33 bits per heavy atom. The van der Waals surface area contributed by atoms with Gasteiger partial charge in [0.05, 0.1) is 0 Å². The summed E-state index contributed by atoms with van der Waals surface area (Å²) in [6.45, 7) is 4.34. The molecule has 1 saturated heterocycles. The largest absolute Gasteiger partial charge is 0.490 e. The number of rotatable bonds is 4. The highest BCUT2D eigenvalue weighted by molar-refractivity contribution is 5.35. The molecule has 100 valence electrons. The van der Waals surface area contributed by atoms with Crippen molar-refractivity contribution in [2.24, 2.45) is 5.73 Å². The molecular formula is C15H24N2O. The average Bonchev–Trinajstić information content (AvgIpc) is 2.41. The Morgan fingerprint density at radius 3 is 2.67 bits per heavy atom. The summed E-state index contributed by atoms with van der Waals surface area (Å²) in [5.74, 6) is 0.974. The molecule has 18 heavy (non-hydrogen) atoms. The molecule has 1 aromatic carbocycles. The lowest BCUT2D eigenvalue weighted by atomic mass is 10.0. The Labute approximate surface area is 110 Å². The Morgan fingerprint density at radius 2 is 2.00 bits per heavy atom. The van der Waals surface area contributed by atoms with Crippen molar-refractivity contribution in [3.8, 4) is 5.75 Å². The molecule has 0 spiro atoms. The highest BCUT2D eigenvalue weighted by Crippen LogP contribution is 2.27. The van der Waals surface area contributed by atoms with E-state index in [4.69, 9.17) is 10.5 Å². The van der Waals surface area contributed by atoms with Crippen molar-refractivity contribution in [2.45, 2.75) is 38.3 Å². The third-order valence-corrected chi connectivity index (χ3v) is 3.72. The standard InChI is InChI=1S/C15H24N2O/c1-3-14(16)13-6-4-5-7-15(13)18-12-8-10-17(2)11-9-12/h4-7,12,14H,3,8-11,16H2,1-2H3. The molecule has 0 amide bonds. The van der Waals surface area contributed by atoms with Gasteiger partial charge in [-0.05, 0) is 32.4 Å². The van der Waals surface area contributed by atoms with Gasteiger partial charge in [0.1, 0.15) is 11.9 Å². The van der Waals surface area contributed by atoms with Gasteiger partial charge in [-0.1, -0.05) is 25.1 Å². The number of hydrogen-bond acceptors (Lipinski definition) is 3. The number of benzene rings is 1. The summed E-state index contributed by atoms with van der Waals surface area (Å²) in [6.07, 6.45) is 3.48. The van der Waals surface area contributed by atoms with Crippen molar-refractivity contribution in [1.82, 2.24) is 4.90 Å². The lowest BCUT2D eigenvalue weighted by molar-refractivity contribution is 0.113. The van der Waals surface area contributed by atoms with E-state index in [0.717, 1.165) is 43.7 Å². The normalized spacial score (nSPS) is 19.7. The Hall–Kier alpha value is -1.06. The predicted molar refractivity (Wildman–Crippen MR) is 74.8 cm³/mol. The minimum absolute atomic E-state index is 0.0764. The van der Waals surface area contributed by atoms with Crippen LogP contribution in [0.4, 0.5) is 0 Å². The fourth-order valence-electron chi connectivity index (χ4n) is 2.40. The van der Waals surface area contributed by atoms with Gasteiger partial charge in [-0.25, -0.2) is 0 Å². The third-order valence-electron chi connectivity index (χ3n) is 3.72. The molecule has 1 unspecified atom stereocenters. The van der Waals surface area contributed by atoms with E-state index < -0.39 is 0 Å². The summed E-state index contributed by atoms with van der Waals surface area (Å²) in [5, 5.41) is 0. The quantitative estimate of drug-likeness (QED) is 0.890. The van der Waals surface area contributed by atoms with Gasteiger partial charge in [0, 0.05) is 24.7 Å². The van der Waals surface area contributed by atoms with Gasteiger partial charge in [0.15, 0.2) is 0 Å². The summed E-state index contributed by atoms with van der Waals surface area (Å²) in [4.78, 5) is 2.35. The zero-order chi connectivity index (χ0) is 13.0. The van der Waals surface area contributed by atoms with Crippen LogP contribution in [0, 0.1) is 0 Å². The van der Waals surface area contributed by atoms with Crippen LogP contribution in [-0.2, 0) is 0 Å². The first-order chi connectivity index (χ1) is 8.70. The molecule has 1 aliphatic rings. The second kappa shape index (κ2) is 6.21. The van der Waals surface area contributed by atoms with E-state index in [9.17, 15) is 0 Å². The Balaban J connectivity index is 2.04. The maximum atomic E-state index is 6.15. The van der Waals surface area contributed by atoms with Crippen molar-refractivity contribution >= 4 is 0 Å². The van der Waals surface area contributed by atoms with Gasteiger partial charge < -0.3 is 15.4 Å². The maximum Gasteiger partial charge on any atom is 0.124 e. The Kier molecular flexibility index (Phi) is 4.61. The van der Waals surface area contributed by atoms with Crippen molar-refractivity contribution in [1.29, 1.82) is 0 Å². The van der Waals surface area contributed by atoms with Crippen LogP contribution >= 0.6 is 0 Å². The molecule has 0 radical (unpaired) electrons. The van der Waals surface area contributed by atoms with E-state index in [1.54, 1.807) is 0 Å². The summed E-state index contributed by atoms with van der Waals surface area (Å²) in [7, 11) is 2.16. The molecule has 1 aliphatic heterocycles. The molecule has 1 heterocycles. The number of nitrogens with zero attached hydrogens (tertiary/aromatic N) is 1. The van der Waals surface area contributed by atoms with Gasteiger partial charge in [-0.2, -0.15) is 0 Å². The zero-order valence-corrected chi connectivity index (χ0v) is 11.4. The first kappa shape index (κ1) is 13.4. The third kappa shape index (κ3) is 3.24. The first-order valence-corrected chi connectivity index (χ1v) is 6.90. The molecule has 0 bridgehead atoms. The number of nitrogens with two attached hydrogens (primary N) is 1. The summed E-state index contributed by atoms with van der Waals surface area (Å²) < 4.78 is 6.15. The Bertz CT molecular complexity index is 373. The second-order valence-electron chi connectivity index (χ2n) is 5.17. The van der Waals surface area contributed by atoms with Crippen molar-refractivity contribution < 1.29 is 4.74 Å². The molecule has 1 fully saturated rings. The van der Waals surface area contributed by atoms with Crippen LogP contribution in [-0.4, -0.2) is 31.1 Å². The molecule has 0 aromatic heterocycles. The van der Waals surface area contributed by atoms with Crippen LogP contribution in [0.3, 0.4) is 0 Å². The summed E-state index contributed by atoms with van der Waals surface area (Å²) in [5.41, 5.74) is 7.27. The molecular weight excluding hydrogens is 224 g/mol. The van der Waals surface area contributed by atoms with Crippen LogP contribution in [0.15, 0.2) is 24.3 Å². The van der Waals surface area contributed by atoms with Crippen LogP contribution in [0.5, 0.6) is 5.75 Å². The van der Waals surface area contributed by atoms with Crippen LogP contribution < -0.4 is 10.5 Å². The highest BCUT2D eigenvalue weighted by Gasteiger charge is 2.19. The second-order valence-corrected chi connectivity index (χ2v) is 5.17. The molecule has 2 N–H and O–H groups in total. The molecule has 1 atom stereocenters. The van der Waals surface area contributed by atoms with E-state index in [-0.39, 0.29) is 6.04 Å². The lowest BCUT2D eigenvalue weighted by Gasteiger charge is -2.30. The van der Waals surface area contributed by atoms with E-state index >= 15 is 0 Å². The van der Waals surface area contributed by atoms with Gasteiger partial charge >= 0.3 is 0 Å². The summed E-state index contributed by atoms with van der Waals surface area (Å²) >= 11 is 0. The number of hydrogen-bond donors (Lipinski definition) is 1. The van der Waals surface area contributed by atoms with E-state index in [2.05, 4.69) is 24.9 Å². The van der Waals surface area contributed by atoms with Crippen molar-refractivity contribution in [3.05, 3.63) is 29.8 Å². The monoisotopic (exact) mass is 248 g/mol. The molecule has 2 rings (SSSR count). The number of piperidine rings is 1. The molecule has 3 nitrogen and oxygen atoms in total. The van der Waals surface area contributed by atoms with E-state index in [1.165, 1.54) is 0 Å². The van der Waals surface area contributed by atoms with E-state index in [0.29, 0.717) is 6.10 Å². The number of likely N-dealkylation sites (tertiary alicyclic amines) is 1. The van der Waals surface area contributed by atoms with Crippen LogP contribution in [0.25, 0.3) is 0 Å². The molecule has 0 saturated carbocycles. The number of para-hydroxylation sites is 1. The van der Waals surface area contributed by atoms with Crippen molar-refractivity contribution in [2.75, 3.05) is 20.1 Å². The first-order valence-electron chi connectivity index (χ1n) is 6.90. The zero-order valence-electron chi connectivity index (χ0n) is 11.4. The fraction of sp³-hybridized carbons (Fsp3) is 0.600. The van der Waals surface area contributed by atoms with E-state index in [1.807, 2.05) is 18.2 Å². The number of ether oxygens (including phenoxy) is 1.